The van der Waals surface area contributed by atoms with Crippen molar-refractivity contribution in [2.24, 2.45) is 0 Å². The Morgan fingerprint density at radius 3 is 2.74 bits per heavy atom. The summed E-state index contributed by atoms with van der Waals surface area (Å²) in [5.74, 6) is 1.06. The van der Waals surface area contributed by atoms with Gasteiger partial charge in [0.25, 0.3) is 0 Å². The quantitative estimate of drug-likeness (QED) is 0.227. The number of benzene rings is 2. The molecule has 0 bridgehead atoms. The van der Waals surface area contributed by atoms with Crippen LogP contribution in [0.1, 0.15) is 6.92 Å². The first-order chi connectivity index (χ1) is 17.1. The molecular weight excluding hydrogens is 462 g/mol. The van der Waals surface area contributed by atoms with E-state index in [-0.39, 0.29) is 5.91 Å². The number of carbonyl (C=O) groups excluding carboxylic acids is 1. The number of fused-ring (bicyclic) bond motifs is 3. The summed E-state index contributed by atoms with van der Waals surface area (Å²) < 4.78 is 13.5. The van der Waals surface area contributed by atoms with Gasteiger partial charge in [-0.2, -0.15) is 0 Å². The Morgan fingerprint density at radius 1 is 1.17 bits per heavy atom. The maximum Gasteiger partial charge on any atom is 0.237 e. The van der Waals surface area contributed by atoms with E-state index in [0.29, 0.717) is 34.5 Å². The standard InChI is InChI=1S/C26H23N5O3S/c1-4-13-31-24(17-9-11-27-12-10-17)29-30-26(31)35-16(2)25(32)28-20-15-22-19(14-23(20)33-3)18-7-5-6-8-21(18)34-22/h4-12,14-16H,1,13H2,2-3H3,(H,28,32). The van der Waals surface area contributed by atoms with Crippen LogP contribution < -0.4 is 10.1 Å². The first-order valence-corrected chi connectivity index (χ1v) is 11.9. The van der Waals surface area contributed by atoms with E-state index in [2.05, 4.69) is 27.1 Å². The normalized spacial score (nSPS) is 12.1. The first-order valence-electron chi connectivity index (χ1n) is 11.0. The maximum absolute atomic E-state index is 13.1. The lowest BCUT2D eigenvalue weighted by Gasteiger charge is -2.15. The molecule has 0 spiro atoms. The lowest BCUT2D eigenvalue weighted by Crippen LogP contribution is -2.23. The number of carbonyl (C=O) groups is 1. The van der Waals surface area contributed by atoms with Crippen LogP contribution in [-0.2, 0) is 11.3 Å². The van der Waals surface area contributed by atoms with Gasteiger partial charge in [0.1, 0.15) is 16.9 Å². The molecule has 0 fully saturated rings. The van der Waals surface area contributed by atoms with E-state index >= 15 is 0 Å². The number of ether oxygens (including phenoxy) is 1. The number of thioether (sulfide) groups is 1. The van der Waals surface area contributed by atoms with Gasteiger partial charge in [-0.05, 0) is 31.2 Å². The molecule has 0 aliphatic rings. The third-order valence-electron chi connectivity index (χ3n) is 5.58. The van der Waals surface area contributed by atoms with Crippen molar-refractivity contribution in [3.8, 4) is 17.1 Å². The molecule has 176 valence electrons. The predicted molar refractivity (Wildman–Crippen MR) is 138 cm³/mol. The summed E-state index contributed by atoms with van der Waals surface area (Å²) in [6.07, 6.45) is 5.19. The number of hydrogen-bond acceptors (Lipinski definition) is 7. The zero-order valence-corrected chi connectivity index (χ0v) is 20.1. The summed E-state index contributed by atoms with van der Waals surface area (Å²) in [6, 6.07) is 15.2. The summed E-state index contributed by atoms with van der Waals surface area (Å²) in [5.41, 5.74) is 2.89. The largest absolute Gasteiger partial charge is 0.495 e. The van der Waals surface area contributed by atoms with E-state index in [0.717, 1.165) is 21.9 Å². The molecule has 1 unspecified atom stereocenters. The minimum absolute atomic E-state index is 0.192. The van der Waals surface area contributed by atoms with Crippen LogP contribution in [0.5, 0.6) is 5.75 Å². The highest BCUT2D eigenvalue weighted by Crippen LogP contribution is 2.37. The maximum atomic E-state index is 13.1. The topological polar surface area (TPSA) is 95.1 Å². The van der Waals surface area contributed by atoms with Crippen molar-refractivity contribution in [1.29, 1.82) is 0 Å². The van der Waals surface area contributed by atoms with Gasteiger partial charge in [-0.25, -0.2) is 0 Å². The summed E-state index contributed by atoms with van der Waals surface area (Å²) >= 11 is 1.32. The van der Waals surface area contributed by atoms with Gasteiger partial charge in [0.2, 0.25) is 5.91 Å². The summed E-state index contributed by atoms with van der Waals surface area (Å²) in [5, 5.41) is 13.7. The summed E-state index contributed by atoms with van der Waals surface area (Å²) in [7, 11) is 1.58. The molecule has 3 heterocycles. The third kappa shape index (κ3) is 4.38. The van der Waals surface area contributed by atoms with Crippen molar-refractivity contribution in [3.05, 3.63) is 73.6 Å². The van der Waals surface area contributed by atoms with Gasteiger partial charge in [0, 0.05) is 41.3 Å². The average molecular weight is 486 g/mol. The molecule has 0 saturated heterocycles. The minimum Gasteiger partial charge on any atom is -0.495 e. The first kappa shape index (κ1) is 22.7. The van der Waals surface area contributed by atoms with E-state index in [1.165, 1.54) is 11.8 Å². The van der Waals surface area contributed by atoms with Crippen LogP contribution in [0.3, 0.4) is 0 Å². The second-order valence-corrected chi connectivity index (χ2v) is 9.15. The number of para-hydroxylation sites is 1. The number of anilines is 1. The van der Waals surface area contributed by atoms with Crippen LogP contribution in [0, 0.1) is 0 Å². The van der Waals surface area contributed by atoms with Crippen LogP contribution in [-0.4, -0.2) is 38.0 Å². The molecule has 1 atom stereocenters. The van der Waals surface area contributed by atoms with E-state index in [1.54, 1.807) is 31.6 Å². The highest BCUT2D eigenvalue weighted by molar-refractivity contribution is 8.00. The molecule has 8 nitrogen and oxygen atoms in total. The number of nitrogens with zero attached hydrogens (tertiary/aromatic N) is 4. The van der Waals surface area contributed by atoms with Crippen molar-refractivity contribution in [2.45, 2.75) is 23.9 Å². The number of rotatable bonds is 8. The molecule has 0 radical (unpaired) electrons. The summed E-state index contributed by atoms with van der Waals surface area (Å²) in [6.45, 7) is 6.18. The molecule has 5 aromatic rings. The van der Waals surface area contributed by atoms with Crippen LogP contribution >= 0.6 is 11.8 Å². The van der Waals surface area contributed by atoms with Gasteiger partial charge in [0.15, 0.2) is 11.0 Å². The predicted octanol–water partition coefficient (Wildman–Crippen LogP) is 5.55. The Kier molecular flexibility index (Phi) is 6.24. The van der Waals surface area contributed by atoms with Crippen LogP contribution in [0.2, 0.25) is 0 Å². The molecule has 5 rings (SSSR count). The SMILES string of the molecule is C=CCn1c(SC(C)C(=O)Nc2cc3oc4ccccc4c3cc2OC)nnc1-c1ccncc1. The van der Waals surface area contributed by atoms with Gasteiger partial charge in [0.05, 0.1) is 18.0 Å². The molecule has 1 amide bonds. The van der Waals surface area contributed by atoms with Crippen molar-refractivity contribution >= 4 is 45.3 Å². The molecule has 1 N–H and O–H groups in total. The van der Waals surface area contributed by atoms with E-state index in [9.17, 15) is 4.79 Å². The summed E-state index contributed by atoms with van der Waals surface area (Å²) in [4.78, 5) is 17.2. The van der Waals surface area contributed by atoms with Gasteiger partial charge < -0.3 is 14.5 Å². The number of allylic oxidation sites excluding steroid dienone is 1. The second kappa shape index (κ2) is 9.63. The Hall–Kier alpha value is -4.11. The lowest BCUT2D eigenvalue weighted by molar-refractivity contribution is -0.115. The number of aromatic nitrogens is 4. The molecule has 0 saturated carbocycles. The molecule has 2 aromatic carbocycles. The van der Waals surface area contributed by atoms with Crippen LogP contribution in [0.4, 0.5) is 5.69 Å². The van der Waals surface area contributed by atoms with Crippen molar-refractivity contribution in [1.82, 2.24) is 19.7 Å². The minimum atomic E-state index is -0.455. The number of nitrogens with one attached hydrogen (secondary N) is 1. The lowest BCUT2D eigenvalue weighted by atomic mass is 10.1. The fourth-order valence-corrected chi connectivity index (χ4v) is 4.71. The van der Waals surface area contributed by atoms with Crippen molar-refractivity contribution in [2.75, 3.05) is 12.4 Å². The van der Waals surface area contributed by atoms with Crippen molar-refractivity contribution < 1.29 is 13.9 Å². The van der Waals surface area contributed by atoms with Gasteiger partial charge in [-0.15, -0.1) is 16.8 Å². The van der Waals surface area contributed by atoms with E-state index in [1.807, 2.05) is 54.0 Å². The van der Waals surface area contributed by atoms with Crippen LogP contribution in [0.25, 0.3) is 33.3 Å². The number of methoxy groups -OCH3 is 1. The van der Waals surface area contributed by atoms with Crippen molar-refractivity contribution in [3.63, 3.8) is 0 Å². The molecule has 9 heteroatoms. The second-order valence-electron chi connectivity index (χ2n) is 7.84. The van der Waals surface area contributed by atoms with Crippen LogP contribution in [0.15, 0.2) is 83.2 Å². The smallest absolute Gasteiger partial charge is 0.237 e. The number of furan rings is 1. The fourth-order valence-electron chi connectivity index (χ4n) is 3.85. The monoisotopic (exact) mass is 485 g/mol. The Morgan fingerprint density at radius 2 is 1.97 bits per heavy atom. The zero-order valence-electron chi connectivity index (χ0n) is 19.3. The van der Waals surface area contributed by atoms with E-state index in [4.69, 9.17) is 9.15 Å². The number of hydrogen-bond donors (Lipinski definition) is 1. The molecule has 0 aliphatic carbocycles. The van der Waals surface area contributed by atoms with Gasteiger partial charge in [-0.1, -0.05) is 36.0 Å². The molecule has 35 heavy (non-hydrogen) atoms. The zero-order chi connectivity index (χ0) is 24.4. The van der Waals surface area contributed by atoms with Gasteiger partial charge in [-0.3, -0.25) is 14.3 Å². The van der Waals surface area contributed by atoms with E-state index < -0.39 is 5.25 Å². The highest BCUT2D eigenvalue weighted by Gasteiger charge is 2.22. The molecule has 0 aliphatic heterocycles. The Bertz CT molecular complexity index is 1530. The molecule has 3 aromatic heterocycles. The third-order valence-corrected chi connectivity index (χ3v) is 6.66. The van der Waals surface area contributed by atoms with Gasteiger partial charge >= 0.3 is 0 Å². The Balaban J connectivity index is 1.39. The Labute approximate surface area is 206 Å². The number of amides is 1. The molecular formula is C26H23N5O3S. The fraction of sp³-hybridized carbons (Fsp3) is 0.154. The number of pyridine rings is 1. The highest BCUT2D eigenvalue weighted by atomic mass is 32.2. The average Bonchev–Trinajstić information content (AvgIpc) is 3.44.